The van der Waals surface area contributed by atoms with Crippen molar-refractivity contribution in [2.45, 2.75) is 31.2 Å². The van der Waals surface area contributed by atoms with Crippen LogP contribution in [-0.4, -0.2) is 19.7 Å². The standard InChI is InChI=1S/C15H20NO/c1-3-12(14-9-6-7-11-16-14)13-8-4-5-10-15(13)17-2/h3-5,8,10,12,14H,1,6-7,9,11H2,2H3. The number of hydrogen-bond acceptors (Lipinski definition) is 1. The van der Waals surface area contributed by atoms with Crippen molar-refractivity contribution in [3.8, 4) is 5.75 Å². The zero-order valence-electron chi connectivity index (χ0n) is 10.4. The normalized spacial score (nSPS) is 21.8. The van der Waals surface area contributed by atoms with Crippen LogP contribution in [0.15, 0.2) is 36.9 Å². The molecule has 91 valence electrons. The molecular formula is C15H20NO. The molecule has 1 fully saturated rings. The second kappa shape index (κ2) is 5.87. The molecule has 1 radical (unpaired) electrons. The molecule has 1 aliphatic rings. The van der Waals surface area contributed by atoms with Crippen LogP contribution in [0.5, 0.6) is 5.75 Å². The van der Waals surface area contributed by atoms with Gasteiger partial charge in [0.2, 0.25) is 0 Å². The predicted octanol–water partition coefficient (Wildman–Crippen LogP) is 3.12. The molecule has 2 atom stereocenters. The molecule has 1 saturated heterocycles. The molecule has 0 saturated carbocycles. The highest BCUT2D eigenvalue weighted by Gasteiger charge is 2.25. The van der Waals surface area contributed by atoms with Gasteiger partial charge >= 0.3 is 0 Å². The summed E-state index contributed by atoms with van der Waals surface area (Å²) in [5, 5.41) is 4.73. The lowest BCUT2D eigenvalue weighted by Gasteiger charge is -2.29. The van der Waals surface area contributed by atoms with Crippen LogP contribution in [0.1, 0.15) is 30.7 Å². The Bertz CT molecular complexity index is 369. The van der Waals surface area contributed by atoms with Gasteiger partial charge in [0.25, 0.3) is 0 Å². The Balaban J connectivity index is 2.24. The summed E-state index contributed by atoms with van der Waals surface area (Å²) in [6.45, 7) is 4.96. The fourth-order valence-corrected chi connectivity index (χ4v) is 2.54. The van der Waals surface area contributed by atoms with Crippen LogP contribution >= 0.6 is 0 Å². The Kier molecular flexibility index (Phi) is 4.21. The molecular weight excluding hydrogens is 210 g/mol. The predicted molar refractivity (Wildman–Crippen MR) is 70.6 cm³/mol. The highest BCUT2D eigenvalue weighted by atomic mass is 16.5. The first-order valence-corrected chi connectivity index (χ1v) is 6.29. The number of benzene rings is 1. The Labute approximate surface area is 104 Å². The molecule has 2 nitrogen and oxygen atoms in total. The summed E-state index contributed by atoms with van der Waals surface area (Å²) in [5.74, 6) is 1.23. The summed E-state index contributed by atoms with van der Waals surface area (Å²) in [7, 11) is 1.72. The summed E-state index contributed by atoms with van der Waals surface area (Å²) >= 11 is 0. The molecule has 1 aromatic carbocycles. The molecule has 0 N–H and O–H groups in total. The first kappa shape index (κ1) is 12.2. The fraction of sp³-hybridized carbons (Fsp3) is 0.467. The molecule has 1 aliphatic heterocycles. The molecule has 1 heterocycles. The molecule has 17 heavy (non-hydrogen) atoms. The number of ether oxygens (including phenoxy) is 1. The van der Waals surface area contributed by atoms with Crippen molar-refractivity contribution in [3.63, 3.8) is 0 Å². The van der Waals surface area contributed by atoms with Gasteiger partial charge in [-0.2, -0.15) is 0 Å². The van der Waals surface area contributed by atoms with Gasteiger partial charge in [-0.25, -0.2) is 5.32 Å². The van der Waals surface area contributed by atoms with E-state index in [9.17, 15) is 0 Å². The fourth-order valence-electron chi connectivity index (χ4n) is 2.54. The van der Waals surface area contributed by atoms with E-state index in [1.807, 2.05) is 18.2 Å². The zero-order chi connectivity index (χ0) is 12.1. The molecule has 0 aliphatic carbocycles. The minimum absolute atomic E-state index is 0.284. The number of rotatable bonds is 4. The first-order valence-electron chi connectivity index (χ1n) is 6.29. The Hall–Kier alpha value is -1.28. The average molecular weight is 230 g/mol. The van der Waals surface area contributed by atoms with Crippen molar-refractivity contribution in [1.82, 2.24) is 5.32 Å². The molecule has 0 amide bonds. The minimum Gasteiger partial charge on any atom is -0.496 e. The number of hydrogen-bond donors (Lipinski definition) is 0. The summed E-state index contributed by atoms with van der Waals surface area (Å²) < 4.78 is 5.43. The molecule has 2 rings (SSSR count). The van der Waals surface area contributed by atoms with Gasteiger partial charge in [-0.1, -0.05) is 30.7 Å². The summed E-state index contributed by atoms with van der Waals surface area (Å²) in [6, 6.07) is 8.55. The molecule has 0 aromatic heterocycles. The third-order valence-corrected chi connectivity index (χ3v) is 3.44. The van der Waals surface area contributed by atoms with E-state index in [1.165, 1.54) is 18.4 Å². The lowest BCUT2D eigenvalue weighted by molar-refractivity contribution is 0.357. The second-order valence-electron chi connectivity index (χ2n) is 4.47. The lowest BCUT2D eigenvalue weighted by atomic mass is 9.86. The van der Waals surface area contributed by atoms with E-state index in [-0.39, 0.29) is 5.92 Å². The summed E-state index contributed by atoms with van der Waals surface area (Å²) in [4.78, 5) is 0. The summed E-state index contributed by atoms with van der Waals surface area (Å²) in [5.41, 5.74) is 1.21. The number of nitrogens with zero attached hydrogens (tertiary/aromatic N) is 1. The maximum Gasteiger partial charge on any atom is 0.122 e. The Morgan fingerprint density at radius 1 is 1.41 bits per heavy atom. The van der Waals surface area contributed by atoms with Gasteiger partial charge in [-0.05, 0) is 18.9 Å². The first-order chi connectivity index (χ1) is 8.36. The molecule has 0 spiro atoms. The van der Waals surface area contributed by atoms with Crippen LogP contribution in [-0.2, 0) is 0 Å². The van der Waals surface area contributed by atoms with Gasteiger partial charge in [0, 0.05) is 24.1 Å². The van der Waals surface area contributed by atoms with Crippen molar-refractivity contribution in [2.75, 3.05) is 13.7 Å². The van der Waals surface area contributed by atoms with E-state index >= 15 is 0 Å². The van der Waals surface area contributed by atoms with Crippen LogP contribution in [0.25, 0.3) is 0 Å². The second-order valence-corrected chi connectivity index (χ2v) is 4.47. The molecule has 0 bridgehead atoms. The molecule has 1 aromatic rings. The SMILES string of the molecule is C=CC(c1ccccc1OC)C1CCCC[N]1. The van der Waals surface area contributed by atoms with Crippen LogP contribution in [0.2, 0.25) is 0 Å². The monoisotopic (exact) mass is 230 g/mol. The third kappa shape index (κ3) is 2.70. The van der Waals surface area contributed by atoms with Gasteiger partial charge < -0.3 is 4.74 Å². The number of para-hydroxylation sites is 1. The summed E-state index contributed by atoms with van der Waals surface area (Å²) in [6.07, 6.45) is 5.67. The molecule has 2 heteroatoms. The van der Waals surface area contributed by atoms with Crippen LogP contribution < -0.4 is 10.1 Å². The van der Waals surface area contributed by atoms with Gasteiger partial charge in [0.15, 0.2) is 0 Å². The van der Waals surface area contributed by atoms with E-state index in [0.29, 0.717) is 6.04 Å². The van der Waals surface area contributed by atoms with Gasteiger partial charge in [0.05, 0.1) is 7.11 Å². The van der Waals surface area contributed by atoms with Gasteiger partial charge in [-0.3, -0.25) is 0 Å². The van der Waals surface area contributed by atoms with Crippen molar-refractivity contribution >= 4 is 0 Å². The maximum absolute atomic E-state index is 5.43. The van der Waals surface area contributed by atoms with Crippen molar-refractivity contribution < 1.29 is 4.74 Å². The zero-order valence-corrected chi connectivity index (χ0v) is 10.4. The largest absolute Gasteiger partial charge is 0.496 e. The van der Waals surface area contributed by atoms with Crippen molar-refractivity contribution in [3.05, 3.63) is 42.5 Å². The number of piperidine rings is 1. The topological polar surface area (TPSA) is 23.3 Å². The minimum atomic E-state index is 0.284. The average Bonchev–Trinajstić information content (AvgIpc) is 2.41. The van der Waals surface area contributed by atoms with E-state index < -0.39 is 0 Å². The lowest BCUT2D eigenvalue weighted by Crippen LogP contribution is -2.32. The quantitative estimate of drug-likeness (QED) is 0.729. The van der Waals surface area contributed by atoms with Crippen molar-refractivity contribution in [1.29, 1.82) is 0 Å². The third-order valence-electron chi connectivity index (χ3n) is 3.44. The van der Waals surface area contributed by atoms with E-state index in [0.717, 1.165) is 18.7 Å². The van der Waals surface area contributed by atoms with E-state index in [4.69, 9.17) is 10.1 Å². The Morgan fingerprint density at radius 3 is 2.88 bits per heavy atom. The van der Waals surface area contributed by atoms with Crippen molar-refractivity contribution in [2.24, 2.45) is 0 Å². The van der Waals surface area contributed by atoms with Gasteiger partial charge in [0.1, 0.15) is 5.75 Å². The van der Waals surface area contributed by atoms with E-state index in [2.05, 4.69) is 18.7 Å². The van der Waals surface area contributed by atoms with Crippen LogP contribution in [0, 0.1) is 0 Å². The van der Waals surface area contributed by atoms with Crippen LogP contribution in [0.4, 0.5) is 0 Å². The van der Waals surface area contributed by atoms with Gasteiger partial charge in [-0.15, -0.1) is 6.58 Å². The Morgan fingerprint density at radius 2 is 2.24 bits per heavy atom. The van der Waals surface area contributed by atoms with Crippen LogP contribution in [0.3, 0.4) is 0 Å². The highest BCUT2D eigenvalue weighted by molar-refractivity contribution is 5.39. The molecule has 2 unspecified atom stereocenters. The smallest absolute Gasteiger partial charge is 0.122 e. The highest BCUT2D eigenvalue weighted by Crippen LogP contribution is 2.32. The van der Waals surface area contributed by atoms with E-state index in [1.54, 1.807) is 7.11 Å². The number of methoxy groups -OCH3 is 1. The maximum atomic E-state index is 5.43.